The van der Waals surface area contributed by atoms with Crippen LogP contribution in [0.5, 0.6) is 0 Å². The van der Waals surface area contributed by atoms with Gasteiger partial charge >= 0.3 is 6.09 Å². The lowest BCUT2D eigenvalue weighted by atomic mass is 9.88. The van der Waals surface area contributed by atoms with Crippen molar-refractivity contribution < 1.29 is 19.1 Å². The molecule has 0 unspecified atom stereocenters. The molecule has 0 radical (unpaired) electrons. The van der Waals surface area contributed by atoms with Crippen molar-refractivity contribution in [2.75, 3.05) is 32.7 Å². The van der Waals surface area contributed by atoms with Crippen molar-refractivity contribution in [3.63, 3.8) is 0 Å². The molecule has 3 rings (SSSR count). The van der Waals surface area contributed by atoms with Crippen molar-refractivity contribution in [2.45, 2.75) is 45.3 Å². The maximum atomic E-state index is 13.7. The Kier molecular flexibility index (Phi) is 6.74. The number of carbonyl (C=O) groups is 2. The highest BCUT2D eigenvalue weighted by atomic mass is 19.1. The van der Waals surface area contributed by atoms with Crippen molar-refractivity contribution >= 4 is 12.0 Å². The number of piperazine rings is 1. The van der Waals surface area contributed by atoms with Crippen LogP contribution in [0.2, 0.25) is 0 Å². The monoisotopic (exact) mass is 406 g/mol. The number of likely N-dealkylation sites (tertiary alicyclic amines) is 1. The highest BCUT2D eigenvalue weighted by Gasteiger charge is 2.37. The lowest BCUT2D eigenvalue weighted by molar-refractivity contribution is -0.136. The van der Waals surface area contributed by atoms with Gasteiger partial charge < -0.3 is 20.6 Å². The molecule has 0 spiro atoms. The molecule has 2 aliphatic heterocycles. The predicted molar refractivity (Wildman–Crippen MR) is 108 cm³/mol. The molecule has 1 aromatic carbocycles. The lowest BCUT2D eigenvalue weighted by Gasteiger charge is -2.45. The van der Waals surface area contributed by atoms with E-state index < -0.39 is 6.09 Å². The van der Waals surface area contributed by atoms with Crippen molar-refractivity contribution in [3.8, 4) is 0 Å². The van der Waals surface area contributed by atoms with Crippen molar-refractivity contribution in [1.29, 1.82) is 0 Å². The van der Waals surface area contributed by atoms with Gasteiger partial charge in [-0.25, -0.2) is 9.18 Å². The summed E-state index contributed by atoms with van der Waals surface area (Å²) >= 11 is 0. The fraction of sp³-hybridized carbons (Fsp3) is 0.619. The number of amides is 2. The molecule has 160 valence electrons. The zero-order valence-electron chi connectivity index (χ0n) is 17.2. The summed E-state index contributed by atoms with van der Waals surface area (Å²) in [5.41, 5.74) is 7.25. The molecule has 2 amide bonds. The Morgan fingerprint density at radius 3 is 2.48 bits per heavy atom. The number of rotatable bonds is 4. The summed E-state index contributed by atoms with van der Waals surface area (Å²) in [7, 11) is 0. The van der Waals surface area contributed by atoms with Crippen LogP contribution < -0.4 is 5.73 Å². The highest BCUT2D eigenvalue weighted by molar-refractivity contribution is 5.78. The second kappa shape index (κ2) is 9.09. The summed E-state index contributed by atoms with van der Waals surface area (Å²) in [6.45, 7) is 7.40. The maximum Gasteiger partial charge on any atom is 0.407 e. The Morgan fingerprint density at radius 1 is 1.21 bits per heavy atom. The number of piperidine rings is 1. The third-order valence-electron chi connectivity index (χ3n) is 6.14. The van der Waals surface area contributed by atoms with E-state index in [0.717, 1.165) is 25.1 Å². The van der Waals surface area contributed by atoms with Gasteiger partial charge in [0.1, 0.15) is 5.82 Å². The largest absolute Gasteiger partial charge is 0.465 e. The van der Waals surface area contributed by atoms with E-state index in [1.807, 2.05) is 18.7 Å². The fourth-order valence-corrected chi connectivity index (χ4v) is 4.55. The first-order chi connectivity index (χ1) is 13.8. The number of nitrogens with two attached hydrogens (primary N) is 1. The SMILES string of the molecule is CC(C)C(=O)N1CCN([C@@H]2CCN(C(=O)O)[C@@H](c3ccc(F)cc3CN)C2)CC1. The number of benzene rings is 1. The molecule has 29 heavy (non-hydrogen) atoms. The fourth-order valence-electron chi connectivity index (χ4n) is 4.55. The molecule has 7 nitrogen and oxygen atoms in total. The van der Waals surface area contributed by atoms with Gasteiger partial charge in [-0.05, 0) is 36.1 Å². The first-order valence-electron chi connectivity index (χ1n) is 10.3. The zero-order chi connectivity index (χ0) is 21.1. The minimum absolute atomic E-state index is 0.00195. The molecule has 3 N–H and O–H groups in total. The molecule has 0 aliphatic carbocycles. The zero-order valence-corrected chi connectivity index (χ0v) is 17.2. The number of halogens is 1. The molecule has 1 aromatic rings. The molecule has 0 bridgehead atoms. The average Bonchev–Trinajstić information content (AvgIpc) is 2.72. The maximum absolute atomic E-state index is 13.7. The molecular weight excluding hydrogens is 375 g/mol. The van der Waals surface area contributed by atoms with Gasteiger partial charge in [-0.3, -0.25) is 9.69 Å². The van der Waals surface area contributed by atoms with E-state index in [9.17, 15) is 19.1 Å². The van der Waals surface area contributed by atoms with Crippen LogP contribution in [-0.4, -0.2) is 70.6 Å². The molecule has 2 fully saturated rings. The quantitative estimate of drug-likeness (QED) is 0.801. The summed E-state index contributed by atoms with van der Waals surface area (Å²) in [4.78, 5) is 29.8. The number of hydrogen-bond acceptors (Lipinski definition) is 4. The lowest BCUT2D eigenvalue weighted by Crippen LogP contribution is -2.55. The van der Waals surface area contributed by atoms with Crippen LogP contribution in [0, 0.1) is 11.7 Å². The van der Waals surface area contributed by atoms with Gasteiger partial charge in [0, 0.05) is 51.2 Å². The van der Waals surface area contributed by atoms with Crippen LogP contribution in [-0.2, 0) is 11.3 Å². The van der Waals surface area contributed by atoms with Crippen molar-refractivity contribution in [3.05, 3.63) is 35.1 Å². The molecule has 2 atom stereocenters. The van der Waals surface area contributed by atoms with E-state index in [1.54, 1.807) is 6.07 Å². The first kappa shape index (κ1) is 21.5. The van der Waals surface area contributed by atoms with Crippen LogP contribution in [0.1, 0.15) is 43.9 Å². The number of carboxylic acid groups (broad SMARTS) is 1. The Hall–Kier alpha value is -2.19. The summed E-state index contributed by atoms with van der Waals surface area (Å²) in [6, 6.07) is 4.31. The van der Waals surface area contributed by atoms with E-state index in [-0.39, 0.29) is 36.3 Å². The van der Waals surface area contributed by atoms with Gasteiger partial charge in [0.05, 0.1) is 6.04 Å². The second-order valence-electron chi connectivity index (χ2n) is 8.23. The van der Waals surface area contributed by atoms with Crippen LogP contribution in [0.15, 0.2) is 18.2 Å². The third-order valence-corrected chi connectivity index (χ3v) is 6.14. The Morgan fingerprint density at radius 2 is 1.90 bits per heavy atom. The molecule has 2 heterocycles. The molecule has 0 aromatic heterocycles. The van der Waals surface area contributed by atoms with Gasteiger partial charge in [-0.1, -0.05) is 19.9 Å². The van der Waals surface area contributed by atoms with Gasteiger partial charge in [0.15, 0.2) is 0 Å². The third kappa shape index (κ3) is 4.70. The molecule has 0 saturated carbocycles. The van der Waals surface area contributed by atoms with E-state index >= 15 is 0 Å². The topological polar surface area (TPSA) is 90.1 Å². The Balaban J connectivity index is 1.74. The van der Waals surface area contributed by atoms with Crippen LogP contribution in [0.25, 0.3) is 0 Å². The second-order valence-corrected chi connectivity index (χ2v) is 8.23. The Labute approximate surface area is 171 Å². The van der Waals surface area contributed by atoms with Gasteiger partial charge in [-0.2, -0.15) is 0 Å². The molecule has 2 aliphatic rings. The summed E-state index contributed by atoms with van der Waals surface area (Å²) < 4.78 is 13.7. The number of nitrogens with zero attached hydrogens (tertiary/aromatic N) is 3. The van der Waals surface area contributed by atoms with E-state index in [4.69, 9.17) is 5.73 Å². The van der Waals surface area contributed by atoms with E-state index in [0.29, 0.717) is 31.6 Å². The standard InChI is InChI=1S/C21H31FN4O3/c1-14(2)20(27)25-9-7-24(8-10-25)17-5-6-26(21(28)29)19(12-17)18-4-3-16(22)11-15(18)13-23/h3-4,11,14,17,19H,5-10,12-13,23H2,1-2H3,(H,28,29)/t17-,19-/m1/s1. The van der Waals surface area contributed by atoms with Crippen molar-refractivity contribution in [1.82, 2.24) is 14.7 Å². The van der Waals surface area contributed by atoms with Gasteiger partial charge in [-0.15, -0.1) is 0 Å². The summed E-state index contributed by atoms with van der Waals surface area (Å²) in [5.74, 6) is -0.186. The van der Waals surface area contributed by atoms with E-state index in [1.165, 1.54) is 17.0 Å². The highest BCUT2D eigenvalue weighted by Crippen LogP contribution is 2.35. The van der Waals surface area contributed by atoms with Gasteiger partial charge in [0.25, 0.3) is 0 Å². The smallest absolute Gasteiger partial charge is 0.407 e. The van der Waals surface area contributed by atoms with Gasteiger partial charge in [0.2, 0.25) is 5.91 Å². The summed E-state index contributed by atoms with van der Waals surface area (Å²) in [6.07, 6.45) is 0.427. The molecule has 2 saturated heterocycles. The number of hydrogen-bond donors (Lipinski definition) is 2. The van der Waals surface area contributed by atoms with E-state index in [2.05, 4.69) is 4.90 Å². The van der Waals surface area contributed by atoms with Crippen LogP contribution >= 0.6 is 0 Å². The first-order valence-corrected chi connectivity index (χ1v) is 10.3. The normalized spacial score (nSPS) is 23.5. The minimum Gasteiger partial charge on any atom is -0.465 e. The summed E-state index contributed by atoms with van der Waals surface area (Å²) in [5, 5.41) is 9.70. The average molecular weight is 407 g/mol. The van der Waals surface area contributed by atoms with Crippen molar-refractivity contribution in [2.24, 2.45) is 11.7 Å². The molecular formula is C21H31FN4O3. The Bertz CT molecular complexity index is 749. The van der Waals surface area contributed by atoms with Crippen LogP contribution in [0.4, 0.5) is 9.18 Å². The number of carbonyl (C=O) groups excluding carboxylic acids is 1. The van der Waals surface area contributed by atoms with Crippen LogP contribution in [0.3, 0.4) is 0 Å². The minimum atomic E-state index is -0.965. The molecule has 8 heteroatoms. The predicted octanol–water partition coefficient (Wildman–Crippen LogP) is 2.27.